The quantitative estimate of drug-likeness (QED) is 0.636. The highest BCUT2D eigenvalue weighted by molar-refractivity contribution is 6.34. The molecule has 1 aliphatic rings. The number of nitrogens with two attached hydrogens (primary N) is 1. The van der Waals surface area contributed by atoms with Crippen molar-refractivity contribution >= 4 is 23.1 Å². The van der Waals surface area contributed by atoms with Crippen LogP contribution in [0.5, 0.6) is 0 Å². The third-order valence-corrected chi connectivity index (χ3v) is 4.06. The molecule has 1 aliphatic carbocycles. The third kappa shape index (κ3) is 2.47. The van der Waals surface area contributed by atoms with Crippen LogP contribution < -0.4 is 5.73 Å². The average molecular weight is 252 g/mol. The summed E-state index contributed by atoms with van der Waals surface area (Å²) < 4.78 is 0. The molecule has 1 aromatic carbocycles. The summed E-state index contributed by atoms with van der Waals surface area (Å²) in [6.45, 7) is 2.06. The second-order valence-corrected chi connectivity index (χ2v) is 5.60. The van der Waals surface area contributed by atoms with Crippen molar-refractivity contribution in [3.8, 4) is 0 Å². The van der Waals surface area contributed by atoms with Crippen LogP contribution in [0.15, 0.2) is 18.2 Å². The number of hydrogen-bond acceptors (Lipinski definition) is 2. The van der Waals surface area contributed by atoms with Gasteiger partial charge >= 0.3 is 0 Å². The monoisotopic (exact) mass is 251 g/mol. The van der Waals surface area contributed by atoms with Crippen molar-refractivity contribution in [3.05, 3.63) is 28.8 Å². The number of Topliss-reactive ketones (excluding diaryl/α,β-unsaturated/α-hetero) is 1. The van der Waals surface area contributed by atoms with Crippen LogP contribution in [0.4, 0.5) is 5.69 Å². The van der Waals surface area contributed by atoms with Gasteiger partial charge in [0, 0.05) is 16.7 Å². The Morgan fingerprint density at radius 3 is 2.53 bits per heavy atom. The summed E-state index contributed by atoms with van der Waals surface area (Å²) in [5.41, 5.74) is 6.62. The predicted molar refractivity (Wildman–Crippen MR) is 71.4 cm³/mol. The molecular formula is C14H18ClNO. The second kappa shape index (κ2) is 4.69. The van der Waals surface area contributed by atoms with Gasteiger partial charge in [0.15, 0.2) is 5.78 Å². The van der Waals surface area contributed by atoms with E-state index in [1.54, 1.807) is 18.2 Å². The SMILES string of the molecule is CC1(C(=O)c2ccc(N)cc2Cl)CCCCC1. The van der Waals surface area contributed by atoms with E-state index in [-0.39, 0.29) is 11.2 Å². The van der Waals surface area contributed by atoms with E-state index >= 15 is 0 Å². The van der Waals surface area contributed by atoms with E-state index in [1.165, 1.54) is 6.42 Å². The first-order valence-electron chi connectivity index (χ1n) is 6.13. The molecule has 0 atom stereocenters. The molecule has 0 aliphatic heterocycles. The Morgan fingerprint density at radius 2 is 1.94 bits per heavy atom. The lowest BCUT2D eigenvalue weighted by atomic mass is 9.71. The highest BCUT2D eigenvalue weighted by Crippen LogP contribution is 2.39. The summed E-state index contributed by atoms with van der Waals surface area (Å²) in [4.78, 5) is 12.5. The van der Waals surface area contributed by atoms with Gasteiger partial charge in [-0.25, -0.2) is 0 Å². The van der Waals surface area contributed by atoms with Crippen molar-refractivity contribution in [2.24, 2.45) is 5.41 Å². The van der Waals surface area contributed by atoms with Crippen LogP contribution in [-0.2, 0) is 0 Å². The second-order valence-electron chi connectivity index (χ2n) is 5.19. The predicted octanol–water partition coefficient (Wildman–Crippen LogP) is 4.08. The Kier molecular flexibility index (Phi) is 3.43. The maximum absolute atomic E-state index is 12.5. The molecule has 1 aromatic rings. The first kappa shape index (κ1) is 12.4. The molecule has 17 heavy (non-hydrogen) atoms. The molecule has 2 rings (SSSR count). The van der Waals surface area contributed by atoms with Crippen LogP contribution in [0.2, 0.25) is 5.02 Å². The number of carbonyl (C=O) groups is 1. The summed E-state index contributed by atoms with van der Waals surface area (Å²) in [6.07, 6.45) is 5.43. The van der Waals surface area contributed by atoms with Crippen LogP contribution in [0.25, 0.3) is 0 Å². The first-order valence-corrected chi connectivity index (χ1v) is 6.50. The lowest BCUT2D eigenvalue weighted by Gasteiger charge is -2.32. The third-order valence-electron chi connectivity index (χ3n) is 3.74. The van der Waals surface area contributed by atoms with E-state index < -0.39 is 0 Å². The van der Waals surface area contributed by atoms with Gasteiger partial charge in [-0.3, -0.25) is 4.79 Å². The van der Waals surface area contributed by atoms with Crippen molar-refractivity contribution in [1.82, 2.24) is 0 Å². The van der Waals surface area contributed by atoms with E-state index in [4.69, 9.17) is 17.3 Å². The molecule has 0 saturated heterocycles. The minimum atomic E-state index is -0.238. The summed E-state index contributed by atoms with van der Waals surface area (Å²) in [5, 5.41) is 0.474. The van der Waals surface area contributed by atoms with E-state index in [2.05, 4.69) is 6.92 Å². The topological polar surface area (TPSA) is 43.1 Å². The number of anilines is 1. The molecule has 0 spiro atoms. The lowest BCUT2D eigenvalue weighted by molar-refractivity contribution is 0.0750. The van der Waals surface area contributed by atoms with Crippen molar-refractivity contribution in [1.29, 1.82) is 0 Å². The molecule has 0 radical (unpaired) electrons. The van der Waals surface area contributed by atoms with Gasteiger partial charge in [0.2, 0.25) is 0 Å². The van der Waals surface area contributed by atoms with E-state index in [1.807, 2.05) is 0 Å². The summed E-state index contributed by atoms with van der Waals surface area (Å²) in [6, 6.07) is 5.14. The number of rotatable bonds is 2. The minimum absolute atomic E-state index is 0.169. The van der Waals surface area contributed by atoms with Crippen LogP contribution in [0, 0.1) is 5.41 Å². The fourth-order valence-corrected chi connectivity index (χ4v) is 2.87. The normalized spacial score (nSPS) is 18.9. The molecular weight excluding hydrogens is 234 g/mol. The van der Waals surface area contributed by atoms with Crippen molar-refractivity contribution in [2.75, 3.05) is 5.73 Å². The number of carbonyl (C=O) groups excluding carboxylic acids is 1. The maximum Gasteiger partial charge on any atom is 0.170 e. The Balaban J connectivity index is 2.30. The molecule has 0 aromatic heterocycles. The smallest absolute Gasteiger partial charge is 0.170 e. The zero-order valence-electron chi connectivity index (χ0n) is 10.1. The van der Waals surface area contributed by atoms with E-state index in [0.717, 1.165) is 25.7 Å². The summed E-state index contributed by atoms with van der Waals surface area (Å²) in [7, 11) is 0. The van der Waals surface area contributed by atoms with Crippen LogP contribution in [-0.4, -0.2) is 5.78 Å². The molecule has 0 heterocycles. The standard InChI is InChI=1S/C14H18ClNO/c1-14(7-3-2-4-8-14)13(17)11-6-5-10(16)9-12(11)15/h5-6,9H,2-4,7-8,16H2,1H3. The number of hydrogen-bond donors (Lipinski definition) is 1. The van der Waals surface area contributed by atoms with E-state index in [9.17, 15) is 4.79 Å². The molecule has 92 valence electrons. The summed E-state index contributed by atoms with van der Waals surface area (Å²) >= 11 is 6.10. The molecule has 2 N–H and O–H groups in total. The molecule has 2 nitrogen and oxygen atoms in total. The summed E-state index contributed by atoms with van der Waals surface area (Å²) in [5.74, 6) is 0.169. The fraction of sp³-hybridized carbons (Fsp3) is 0.500. The van der Waals surface area contributed by atoms with Gasteiger partial charge in [0.1, 0.15) is 0 Å². The van der Waals surface area contributed by atoms with Gasteiger partial charge in [0.25, 0.3) is 0 Å². The van der Waals surface area contributed by atoms with Crippen molar-refractivity contribution in [3.63, 3.8) is 0 Å². The molecule has 0 amide bonds. The highest BCUT2D eigenvalue weighted by Gasteiger charge is 2.35. The van der Waals surface area contributed by atoms with Gasteiger partial charge in [-0.15, -0.1) is 0 Å². The largest absolute Gasteiger partial charge is 0.399 e. The maximum atomic E-state index is 12.5. The van der Waals surface area contributed by atoms with Crippen molar-refractivity contribution in [2.45, 2.75) is 39.0 Å². The Bertz CT molecular complexity index is 436. The Morgan fingerprint density at radius 1 is 1.29 bits per heavy atom. The van der Waals surface area contributed by atoms with Gasteiger partial charge in [0.05, 0.1) is 5.02 Å². The highest BCUT2D eigenvalue weighted by atomic mass is 35.5. The van der Waals surface area contributed by atoms with E-state index in [0.29, 0.717) is 16.3 Å². The van der Waals surface area contributed by atoms with Crippen LogP contribution in [0.1, 0.15) is 49.4 Å². The molecule has 1 fully saturated rings. The molecule has 3 heteroatoms. The Labute approximate surface area is 107 Å². The number of halogens is 1. The van der Waals surface area contributed by atoms with Gasteiger partial charge in [-0.2, -0.15) is 0 Å². The minimum Gasteiger partial charge on any atom is -0.399 e. The zero-order valence-corrected chi connectivity index (χ0v) is 10.9. The van der Waals surface area contributed by atoms with Gasteiger partial charge in [-0.05, 0) is 31.0 Å². The van der Waals surface area contributed by atoms with Crippen LogP contribution in [0.3, 0.4) is 0 Å². The average Bonchev–Trinajstić information content (AvgIpc) is 2.29. The van der Waals surface area contributed by atoms with Crippen LogP contribution >= 0.6 is 11.6 Å². The zero-order chi connectivity index (χ0) is 12.5. The van der Waals surface area contributed by atoms with Gasteiger partial charge < -0.3 is 5.73 Å². The van der Waals surface area contributed by atoms with Gasteiger partial charge in [-0.1, -0.05) is 37.8 Å². The first-order chi connectivity index (χ1) is 8.03. The molecule has 1 saturated carbocycles. The van der Waals surface area contributed by atoms with Crippen molar-refractivity contribution < 1.29 is 4.79 Å². The fourth-order valence-electron chi connectivity index (χ4n) is 2.60. The molecule has 0 unspecified atom stereocenters. The Hall–Kier alpha value is -1.02. The number of benzene rings is 1. The number of ketones is 1. The number of nitrogen functional groups attached to an aromatic ring is 1. The lowest BCUT2D eigenvalue weighted by Crippen LogP contribution is -2.30. The molecule has 0 bridgehead atoms.